The van der Waals surface area contributed by atoms with Crippen LogP contribution in [-0.2, 0) is 4.79 Å². The maximum atomic E-state index is 12.2. The number of nitrogens with one attached hydrogen (secondary N) is 3. The van der Waals surface area contributed by atoms with E-state index < -0.39 is 6.03 Å². The fourth-order valence-electron chi connectivity index (χ4n) is 3.49. The SMILES string of the molecule is Cc1ccc([C@H](NCC(=O)NC(=O)NC2CCCC2)c2ccccc2)cc1. The van der Waals surface area contributed by atoms with Gasteiger partial charge in [-0.05, 0) is 30.9 Å². The first-order valence-corrected chi connectivity index (χ1v) is 9.57. The molecule has 5 heteroatoms. The lowest BCUT2D eigenvalue weighted by atomic mass is 9.98. The van der Waals surface area contributed by atoms with Crippen LogP contribution >= 0.6 is 0 Å². The van der Waals surface area contributed by atoms with Gasteiger partial charge < -0.3 is 5.32 Å². The number of carbonyl (C=O) groups is 2. The van der Waals surface area contributed by atoms with Crippen LogP contribution in [0.4, 0.5) is 4.79 Å². The Labute approximate surface area is 160 Å². The molecule has 1 atom stereocenters. The van der Waals surface area contributed by atoms with Crippen molar-refractivity contribution < 1.29 is 9.59 Å². The quantitative estimate of drug-likeness (QED) is 0.734. The minimum atomic E-state index is -0.403. The van der Waals surface area contributed by atoms with Gasteiger partial charge in [-0.15, -0.1) is 0 Å². The number of benzene rings is 2. The maximum Gasteiger partial charge on any atom is 0.321 e. The summed E-state index contributed by atoms with van der Waals surface area (Å²) in [6, 6.07) is 17.9. The molecule has 1 aliphatic rings. The van der Waals surface area contributed by atoms with E-state index in [0.717, 1.165) is 36.8 Å². The zero-order valence-corrected chi connectivity index (χ0v) is 15.7. The molecule has 0 aliphatic heterocycles. The molecule has 5 nitrogen and oxygen atoms in total. The van der Waals surface area contributed by atoms with E-state index >= 15 is 0 Å². The van der Waals surface area contributed by atoms with Gasteiger partial charge in [0.15, 0.2) is 0 Å². The average Bonchev–Trinajstić information content (AvgIpc) is 3.17. The largest absolute Gasteiger partial charge is 0.335 e. The van der Waals surface area contributed by atoms with Gasteiger partial charge in [0.1, 0.15) is 0 Å². The summed E-state index contributed by atoms with van der Waals surface area (Å²) in [5, 5.41) is 8.57. The average molecular weight is 365 g/mol. The molecule has 0 radical (unpaired) electrons. The van der Waals surface area contributed by atoms with Crippen LogP contribution in [-0.4, -0.2) is 24.5 Å². The first-order valence-electron chi connectivity index (χ1n) is 9.57. The van der Waals surface area contributed by atoms with Crippen LogP contribution in [0.2, 0.25) is 0 Å². The number of hydrogen-bond acceptors (Lipinski definition) is 3. The van der Waals surface area contributed by atoms with E-state index in [0.29, 0.717) is 0 Å². The van der Waals surface area contributed by atoms with E-state index in [-0.39, 0.29) is 24.5 Å². The van der Waals surface area contributed by atoms with Gasteiger partial charge in [0.2, 0.25) is 5.91 Å². The number of aryl methyl sites for hydroxylation is 1. The van der Waals surface area contributed by atoms with Gasteiger partial charge in [-0.2, -0.15) is 0 Å². The predicted octanol–water partition coefficient (Wildman–Crippen LogP) is 3.44. The summed E-state index contributed by atoms with van der Waals surface area (Å²) in [5.74, 6) is -0.335. The fraction of sp³-hybridized carbons (Fsp3) is 0.364. The molecule has 2 aromatic rings. The minimum absolute atomic E-state index is 0.0610. The third-order valence-electron chi connectivity index (χ3n) is 4.95. The highest BCUT2D eigenvalue weighted by Gasteiger charge is 2.19. The molecule has 1 aliphatic carbocycles. The summed E-state index contributed by atoms with van der Waals surface area (Å²) in [5.41, 5.74) is 3.34. The van der Waals surface area contributed by atoms with Gasteiger partial charge in [-0.3, -0.25) is 15.4 Å². The molecule has 1 fully saturated rings. The van der Waals surface area contributed by atoms with Crippen LogP contribution in [0, 0.1) is 6.92 Å². The summed E-state index contributed by atoms with van der Waals surface area (Å²) in [7, 11) is 0. The van der Waals surface area contributed by atoms with Gasteiger partial charge in [-0.25, -0.2) is 4.79 Å². The second-order valence-corrected chi connectivity index (χ2v) is 7.14. The van der Waals surface area contributed by atoms with Crippen molar-refractivity contribution in [1.29, 1.82) is 0 Å². The molecule has 142 valence electrons. The number of hydrogen-bond donors (Lipinski definition) is 3. The Morgan fingerprint density at radius 1 is 0.963 bits per heavy atom. The molecule has 3 amide bonds. The Bertz CT molecular complexity index is 753. The Balaban J connectivity index is 1.59. The van der Waals surface area contributed by atoms with Crippen LogP contribution in [0.15, 0.2) is 54.6 Å². The van der Waals surface area contributed by atoms with Crippen molar-refractivity contribution >= 4 is 11.9 Å². The molecular weight excluding hydrogens is 338 g/mol. The van der Waals surface area contributed by atoms with Crippen molar-refractivity contribution in [1.82, 2.24) is 16.0 Å². The predicted molar refractivity (Wildman–Crippen MR) is 106 cm³/mol. The highest BCUT2D eigenvalue weighted by molar-refractivity contribution is 5.95. The van der Waals surface area contributed by atoms with Crippen molar-refractivity contribution in [2.24, 2.45) is 0 Å². The van der Waals surface area contributed by atoms with Crippen LogP contribution in [0.1, 0.15) is 48.4 Å². The van der Waals surface area contributed by atoms with Gasteiger partial charge in [0.05, 0.1) is 12.6 Å². The van der Waals surface area contributed by atoms with Gasteiger partial charge >= 0.3 is 6.03 Å². The van der Waals surface area contributed by atoms with Gasteiger partial charge in [0.25, 0.3) is 0 Å². The second kappa shape index (κ2) is 9.33. The number of carbonyl (C=O) groups excluding carboxylic acids is 2. The van der Waals surface area contributed by atoms with Crippen LogP contribution in [0.25, 0.3) is 0 Å². The Morgan fingerprint density at radius 3 is 2.26 bits per heavy atom. The molecule has 0 spiro atoms. The number of urea groups is 1. The Morgan fingerprint density at radius 2 is 1.59 bits per heavy atom. The fourth-order valence-corrected chi connectivity index (χ4v) is 3.49. The second-order valence-electron chi connectivity index (χ2n) is 7.14. The summed E-state index contributed by atoms with van der Waals surface area (Å²) >= 11 is 0. The Hall–Kier alpha value is -2.66. The highest BCUT2D eigenvalue weighted by Crippen LogP contribution is 2.22. The zero-order chi connectivity index (χ0) is 19.1. The first kappa shape index (κ1) is 19.1. The monoisotopic (exact) mass is 365 g/mol. The summed E-state index contributed by atoms with van der Waals surface area (Å²) in [4.78, 5) is 24.2. The topological polar surface area (TPSA) is 70.2 Å². The van der Waals surface area contributed by atoms with Crippen LogP contribution in [0.3, 0.4) is 0 Å². The summed E-state index contributed by atoms with van der Waals surface area (Å²) in [6.07, 6.45) is 4.25. The van der Waals surface area contributed by atoms with E-state index in [1.54, 1.807) is 0 Å². The molecule has 27 heavy (non-hydrogen) atoms. The van der Waals surface area contributed by atoms with Crippen molar-refractivity contribution in [3.63, 3.8) is 0 Å². The van der Waals surface area contributed by atoms with Gasteiger partial charge in [0, 0.05) is 6.04 Å². The van der Waals surface area contributed by atoms with Crippen LogP contribution in [0.5, 0.6) is 0 Å². The van der Waals surface area contributed by atoms with Crippen LogP contribution < -0.4 is 16.0 Å². The van der Waals surface area contributed by atoms with E-state index in [1.165, 1.54) is 5.56 Å². The highest BCUT2D eigenvalue weighted by atomic mass is 16.2. The molecule has 0 heterocycles. The molecule has 0 saturated heterocycles. The summed E-state index contributed by atoms with van der Waals surface area (Å²) in [6.45, 7) is 2.11. The smallest absolute Gasteiger partial charge is 0.321 e. The van der Waals surface area contributed by atoms with Crippen molar-refractivity contribution in [2.75, 3.05) is 6.54 Å². The van der Waals surface area contributed by atoms with E-state index in [1.807, 2.05) is 37.3 Å². The third kappa shape index (κ3) is 5.66. The molecule has 0 bridgehead atoms. The number of rotatable bonds is 6. The molecule has 0 unspecified atom stereocenters. The number of imide groups is 1. The molecule has 3 N–H and O–H groups in total. The lowest BCUT2D eigenvalue weighted by molar-refractivity contribution is -0.119. The maximum absolute atomic E-state index is 12.2. The standard InChI is InChI=1S/C22H27N3O2/c1-16-11-13-18(14-12-16)21(17-7-3-2-4-8-17)23-15-20(26)25-22(27)24-19-9-5-6-10-19/h2-4,7-8,11-14,19,21,23H,5-6,9-10,15H2,1H3,(H2,24,25,26,27)/t21-/m1/s1. The first-order chi connectivity index (χ1) is 13.1. The van der Waals surface area contributed by atoms with Crippen molar-refractivity contribution in [3.05, 3.63) is 71.3 Å². The van der Waals surface area contributed by atoms with Crippen molar-refractivity contribution in [2.45, 2.75) is 44.7 Å². The summed E-state index contributed by atoms with van der Waals surface area (Å²) < 4.78 is 0. The molecule has 3 rings (SSSR count). The molecule has 1 saturated carbocycles. The normalized spacial score (nSPS) is 15.3. The van der Waals surface area contributed by atoms with E-state index in [2.05, 4.69) is 40.2 Å². The molecular formula is C22H27N3O2. The minimum Gasteiger partial charge on any atom is -0.335 e. The van der Waals surface area contributed by atoms with E-state index in [9.17, 15) is 9.59 Å². The lowest BCUT2D eigenvalue weighted by Gasteiger charge is -2.20. The lowest BCUT2D eigenvalue weighted by Crippen LogP contribution is -2.46. The zero-order valence-electron chi connectivity index (χ0n) is 15.7. The molecule has 2 aromatic carbocycles. The van der Waals surface area contributed by atoms with Gasteiger partial charge in [-0.1, -0.05) is 73.0 Å². The van der Waals surface area contributed by atoms with Crippen molar-refractivity contribution in [3.8, 4) is 0 Å². The number of amides is 3. The third-order valence-corrected chi connectivity index (χ3v) is 4.95. The molecule has 0 aromatic heterocycles. The Kier molecular flexibility index (Phi) is 6.60. The van der Waals surface area contributed by atoms with E-state index in [4.69, 9.17) is 0 Å².